The Labute approximate surface area is 174 Å². The molecule has 0 saturated carbocycles. The number of benzene rings is 1. The Morgan fingerprint density at radius 3 is 2.55 bits per heavy atom. The number of likely N-dealkylation sites (tertiary alicyclic amines) is 1. The van der Waals surface area contributed by atoms with Crippen LogP contribution in [0.15, 0.2) is 30.3 Å². The van der Waals surface area contributed by atoms with Gasteiger partial charge in [-0.05, 0) is 43.2 Å². The Hall–Kier alpha value is -2.38. The number of aliphatic hydroxyl groups is 1. The monoisotopic (exact) mass is 413 g/mol. The molecule has 0 bridgehead atoms. The van der Waals surface area contributed by atoms with Gasteiger partial charge in [0.25, 0.3) is 5.91 Å². The van der Waals surface area contributed by atoms with Crippen molar-refractivity contribution in [1.29, 1.82) is 0 Å². The molecule has 1 aromatic carbocycles. The topological polar surface area (TPSA) is 110 Å². The van der Waals surface area contributed by atoms with Gasteiger partial charge in [-0.3, -0.25) is 9.59 Å². The Kier molecular flexibility index (Phi) is 5.36. The fraction of sp³-hybridized carbons (Fsp3) is 0.455. The van der Waals surface area contributed by atoms with Crippen LogP contribution >= 0.6 is 11.3 Å². The molecule has 1 unspecified atom stereocenters. The third-order valence-corrected chi connectivity index (χ3v) is 7.47. The van der Waals surface area contributed by atoms with Crippen molar-refractivity contribution in [3.8, 4) is 0 Å². The second-order valence-corrected chi connectivity index (χ2v) is 9.36. The SMILES string of the molecule is NC(=O)c1c(N)sc2c1CCC(CC(=O)N1CCC(O)CC1)(c1ccccc1)C2. The van der Waals surface area contributed by atoms with Crippen LogP contribution in [0.25, 0.3) is 0 Å². The lowest BCUT2D eigenvalue weighted by atomic mass is 9.67. The Morgan fingerprint density at radius 2 is 1.90 bits per heavy atom. The number of piperidine rings is 1. The van der Waals surface area contributed by atoms with Gasteiger partial charge in [0, 0.05) is 29.8 Å². The Bertz CT molecular complexity index is 919. The van der Waals surface area contributed by atoms with Crippen molar-refractivity contribution in [2.24, 2.45) is 5.73 Å². The van der Waals surface area contributed by atoms with E-state index in [2.05, 4.69) is 12.1 Å². The molecule has 4 rings (SSSR count). The summed E-state index contributed by atoms with van der Waals surface area (Å²) in [6.45, 7) is 1.21. The first-order chi connectivity index (χ1) is 13.9. The summed E-state index contributed by atoms with van der Waals surface area (Å²) >= 11 is 1.42. The van der Waals surface area contributed by atoms with Crippen LogP contribution in [0.1, 0.15) is 52.0 Å². The molecular weight excluding hydrogens is 386 g/mol. The van der Waals surface area contributed by atoms with Crippen LogP contribution in [-0.4, -0.2) is 41.0 Å². The first kappa shape index (κ1) is 19.9. The number of aliphatic hydroxyl groups excluding tert-OH is 1. The fourth-order valence-corrected chi connectivity index (χ4v) is 6.05. The summed E-state index contributed by atoms with van der Waals surface area (Å²) < 4.78 is 0. The lowest BCUT2D eigenvalue weighted by molar-refractivity contribution is -0.134. The minimum absolute atomic E-state index is 0.129. The summed E-state index contributed by atoms with van der Waals surface area (Å²) in [5.74, 6) is -0.348. The molecule has 1 aliphatic carbocycles. The molecule has 2 aliphatic rings. The molecule has 1 aliphatic heterocycles. The molecule has 1 atom stereocenters. The zero-order valence-corrected chi connectivity index (χ0v) is 17.2. The number of nitrogens with zero attached hydrogens (tertiary/aromatic N) is 1. The number of fused-ring (bicyclic) bond motifs is 1. The third-order valence-electron chi connectivity index (χ3n) is 6.41. The highest BCUT2D eigenvalue weighted by atomic mass is 32.1. The number of carbonyl (C=O) groups is 2. The number of thiophene rings is 1. The quantitative estimate of drug-likeness (QED) is 0.714. The highest BCUT2D eigenvalue weighted by Gasteiger charge is 2.41. The summed E-state index contributed by atoms with van der Waals surface area (Å²) in [7, 11) is 0. The number of nitrogens with two attached hydrogens (primary N) is 2. The molecule has 7 heteroatoms. The number of carbonyl (C=O) groups excluding carboxylic acids is 2. The van der Waals surface area contributed by atoms with Gasteiger partial charge < -0.3 is 21.5 Å². The number of hydrogen-bond donors (Lipinski definition) is 3. The van der Waals surface area contributed by atoms with Crippen LogP contribution < -0.4 is 11.5 Å². The second kappa shape index (κ2) is 7.80. The van der Waals surface area contributed by atoms with Gasteiger partial charge in [-0.1, -0.05) is 30.3 Å². The zero-order valence-electron chi connectivity index (χ0n) is 16.4. The first-order valence-electron chi connectivity index (χ1n) is 10.1. The number of rotatable bonds is 4. The molecule has 2 aromatic rings. The largest absolute Gasteiger partial charge is 0.393 e. The normalized spacial score (nSPS) is 22.3. The summed E-state index contributed by atoms with van der Waals surface area (Å²) in [5.41, 5.74) is 13.9. The molecule has 5 N–H and O–H groups in total. The smallest absolute Gasteiger partial charge is 0.251 e. The average Bonchev–Trinajstić information content (AvgIpc) is 3.04. The van der Waals surface area contributed by atoms with Crippen molar-refractivity contribution in [2.45, 2.75) is 50.0 Å². The van der Waals surface area contributed by atoms with Crippen LogP contribution in [0.3, 0.4) is 0 Å². The van der Waals surface area contributed by atoms with E-state index in [4.69, 9.17) is 11.5 Å². The van der Waals surface area contributed by atoms with Gasteiger partial charge in [0.2, 0.25) is 5.91 Å². The van der Waals surface area contributed by atoms with E-state index < -0.39 is 5.91 Å². The number of amides is 2. The van der Waals surface area contributed by atoms with Crippen molar-refractivity contribution >= 4 is 28.2 Å². The molecule has 154 valence electrons. The third kappa shape index (κ3) is 3.76. The predicted molar refractivity (Wildman–Crippen MR) is 114 cm³/mol. The summed E-state index contributed by atoms with van der Waals surface area (Å²) in [6, 6.07) is 10.2. The van der Waals surface area contributed by atoms with E-state index in [-0.39, 0.29) is 17.4 Å². The average molecular weight is 414 g/mol. The van der Waals surface area contributed by atoms with Crippen LogP contribution in [0.4, 0.5) is 5.00 Å². The standard InChI is InChI=1S/C22H27N3O3S/c23-20(28)19-16-6-9-22(12-17(16)29-21(19)24,14-4-2-1-3-5-14)13-18(27)25-10-7-15(26)8-11-25/h1-5,15,26H,6-13,24H2,(H2,23,28). The van der Waals surface area contributed by atoms with Crippen LogP contribution in [0.5, 0.6) is 0 Å². The fourth-order valence-electron chi connectivity index (χ4n) is 4.78. The highest BCUT2D eigenvalue weighted by Crippen LogP contribution is 2.46. The summed E-state index contributed by atoms with van der Waals surface area (Å²) in [6.07, 6.45) is 3.51. The molecule has 2 heterocycles. The van der Waals surface area contributed by atoms with Gasteiger partial charge >= 0.3 is 0 Å². The van der Waals surface area contributed by atoms with Crippen molar-refractivity contribution in [1.82, 2.24) is 4.90 Å². The van der Waals surface area contributed by atoms with Gasteiger partial charge in [-0.2, -0.15) is 0 Å². The summed E-state index contributed by atoms with van der Waals surface area (Å²) in [4.78, 5) is 28.0. The molecule has 1 fully saturated rings. The van der Waals surface area contributed by atoms with E-state index in [1.54, 1.807) is 0 Å². The zero-order chi connectivity index (χ0) is 20.6. The number of nitrogen functional groups attached to an aromatic ring is 1. The molecule has 0 radical (unpaired) electrons. The Morgan fingerprint density at radius 1 is 1.21 bits per heavy atom. The van der Waals surface area contributed by atoms with Crippen molar-refractivity contribution in [3.05, 3.63) is 51.9 Å². The van der Waals surface area contributed by atoms with Crippen LogP contribution in [-0.2, 0) is 23.1 Å². The van der Waals surface area contributed by atoms with Crippen LogP contribution in [0, 0.1) is 0 Å². The summed E-state index contributed by atoms with van der Waals surface area (Å²) in [5, 5.41) is 10.2. The van der Waals surface area contributed by atoms with E-state index in [0.29, 0.717) is 55.8 Å². The number of anilines is 1. The van der Waals surface area contributed by atoms with Crippen LogP contribution in [0.2, 0.25) is 0 Å². The molecule has 1 saturated heterocycles. The number of primary amides is 1. The van der Waals surface area contributed by atoms with Crippen molar-refractivity contribution in [3.63, 3.8) is 0 Å². The van der Waals surface area contributed by atoms with Gasteiger partial charge in [-0.15, -0.1) is 11.3 Å². The predicted octanol–water partition coefficient (Wildman–Crippen LogP) is 2.23. The van der Waals surface area contributed by atoms with E-state index >= 15 is 0 Å². The van der Waals surface area contributed by atoms with Gasteiger partial charge in [0.1, 0.15) is 0 Å². The lowest BCUT2D eigenvalue weighted by Crippen LogP contribution is -2.44. The molecule has 29 heavy (non-hydrogen) atoms. The molecule has 0 spiro atoms. The maximum absolute atomic E-state index is 13.2. The second-order valence-electron chi connectivity index (χ2n) is 8.22. The highest BCUT2D eigenvalue weighted by molar-refractivity contribution is 7.16. The maximum Gasteiger partial charge on any atom is 0.251 e. The van der Waals surface area contributed by atoms with E-state index in [0.717, 1.165) is 22.4 Å². The van der Waals surface area contributed by atoms with Gasteiger partial charge in [-0.25, -0.2) is 0 Å². The molecule has 2 amide bonds. The lowest BCUT2D eigenvalue weighted by Gasteiger charge is -2.40. The van der Waals surface area contributed by atoms with Gasteiger partial charge in [0.05, 0.1) is 16.7 Å². The number of hydrogen-bond acceptors (Lipinski definition) is 5. The molecular formula is C22H27N3O3S. The van der Waals surface area contributed by atoms with E-state index in [1.165, 1.54) is 11.3 Å². The van der Waals surface area contributed by atoms with E-state index in [1.807, 2.05) is 23.1 Å². The minimum atomic E-state index is -0.477. The molecule has 1 aromatic heterocycles. The maximum atomic E-state index is 13.2. The van der Waals surface area contributed by atoms with Crippen molar-refractivity contribution < 1.29 is 14.7 Å². The van der Waals surface area contributed by atoms with E-state index in [9.17, 15) is 14.7 Å². The first-order valence-corrected chi connectivity index (χ1v) is 10.9. The molecule has 6 nitrogen and oxygen atoms in total. The minimum Gasteiger partial charge on any atom is -0.393 e. The van der Waals surface area contributed by atoms with Gasteiger partial charge in [0.15, 0.2) is 0 Å². The Balaban J connectivity index is 1.66. The van der Waals surface area contributed by atoms with Crippen molar-refractivity contribution in [2.75, 3.05) is 18.8 Å².